The van der Waals surface area contributed by atoms with Crippen molar-refractivity contribution in [1.82, 2.24) is 0 Å². The Hall–Kier alpha value is -1.97. The Morgan fingerprint density at radius 2 is 1.38 bits per heavy atom. The smallest absolute Gasteiger partial charge is 0.465 e. The molecule has 0 amide bonds. The van der Waals surface area contributed by atoms with Crippen molar-refractivity contribution in [3.8, 4) is 5.75 Å². The Labute approximate surface area is 148 Å². The maximum atomic E-state index is 12.8. The van der Waals surface area contributed by atoms with Gasteiger partial charge in [-0.1, -0.05) is 20.8 Å². The first-order chi connectivity index (χ1) is 11.5. The summed E-state index contributed by atoms with van der Waals surface area (Å²) in [5.74, 6) is -9.59. The summed E-state index contributed by atoms with van der Waals surface area (Å²) in [6.07, 6.45) is -6.06. The average Bonchev–Trinajstić information content (AvgIpc) is 2.44. The Bertz CT molecular complexity index is 675. The maximum Gasteiger partial charge on any atom is 0.465 e. The lowest BCUT2D eigenvalue weighted by atomic mass is 10.2. The molecule has 0 aliphatic carbocycles. The maximum absolute atomic E-state index is 12.8. The quantitative estimate of drug-likeness (QED) is 0.312. The number of hydrogen-bond donors (Lipinski definition) is 0. The third-order valence-electron chi connectivity index (χ3n) is 4.07. The lowest BCUT2D eigenvalue weighted by Crippen LogP contribution is -2.46. The van der Waals surface area contributed by atoms with Crippen LogP contribution in [-0.4, -0.2) is 32.4 Å². The van der Waals surface area contributed by atoms with E-state index in [4.69, 9.17) is 4.43 Å². The van der Waals surface area contributed by atoms with Gasteiger partial charge in [0.1, 0.15) is 5.75 Å². The van der Waals surface area contributed by atoms with Crippen molar-refractivity contribution in [3.05, 3.63) is 29.8 Å². The summed E-state index contributed by atoms with van der Waals surface area (Å²) in [6.45, 7) is 9.47. The molecule has 0 atom stereocenters. The highest BCUT2D eigenvalue weighted by Gasteiger charge is 2.65. The summed E-state index contributed by atoms with van der Waals surface area (Å²) < 4.78 is 71.6. The molecule has 0 radical (unpaired) electrons. The molecule has 0 N–H and O–H groups in total. The minimum absolute atomic E-state index is 0.0530. The van der Waals surface area contributed by atoms with E-state index in [9.17, 15) is 31.5 Å². The van der Waals surface area contributed by atoms with E-state index < -0.39 is 38.1 Å². The molecule has 1 rings (SSSR count). The van der Waals surface area contributed by atoms with Gasteiger partial charge in [0.25, 0.3) is 8.32 Å². The monoisotopic (exact) mass is 398 g/mol. The van der Waals surface area contributed by atoms with Gasteiger partial charge in [0.2, 0.25) is 0 Å². The van der Waals surface area contributed by atoms with Gasteiger partial charge in [-0.25, -0.2) is 9.59 Å². The Balaban J connectivity index is 2.87. The van der Waals surface area contributed by atoms with Crippen molar-refractivity contribution < 1.29 is 40.7 Å². The summed E-state index contributed by atoms with van der Waals surface area (Å²) in [4.78, 5) is 23.2. The molecule has 0 saturated carbocycles. The van der Waals surface area contributed by atoms with Crippen molar-refractivity contribution in [1.29, 1.82) is 0 Å². The summed E-state index contributed by atoms with van der Waals surface area (Å²) >= 11 is 0. The first-order valence-corrected chi connectivity index (χ1v) is 10.4. The van der Waals surface area contributed by atoms with Crippen LogP contribution in [0.15, 0.2) is 24.3 Å². The standard InChI is InChI=1S/C16H19F5O4Si/c1-14(2,3)26(4,5)25-12(22)10-6-8-11(9-7-10)24-13(23)15(17,18)16(19,20)21/h6-9H,1-5H3. The molecule has 146 valence electrons. The van der Waals surface area contributed by atoms with Crippen LogP contribution in [0.5, 0.6) is 5.75 Å². The highest BCUT2D eigenvalue weighted by atomic mass is 28.4. The molecule has 1 aromatic carbocycles. The van der Waals surface area contributed by atoms with Crippen LogP contribution in [-0.2, 0) is 9.22 Å². The average molecular weight is 398 g/mol. The van der Waals surface area contributed by atoms with Crippen molar-refractivity contribution in [2.75, 3.05) is 0 Å². The lowest BCUT2D eigenvalue weighted by molar-refractivity contribution is -0.276. The molecule has 0 bridgehead atoms. The molecule has 0 spiro atoms. The fourth-order valence-corrected chi connectivity index (χ4v) is 2.28. The van der Waals surface area contributed by atoms with E-state index in [1.54, 1.807) is 0 Å². The Kier molecular flexibility index (Phi) is 5.92. The van der Waals surface area contributed by atoms with Crippen molar-refractivity contribution in [2.45, 2.75) is 51.0 Å². The van der Waals surface area contributed by atoms with Crippen LogP contribution >= 0.6 is 0 Å². The number of hydrogen-bond acceptors (Lipinski definition) is 4. The van der Waals surface area contributed by atoms with E-state index in [1.807, 2.05) is 33.9 Å². The third kappa shape index (κ3) is 4.80. The minimum Gasteiger partial charge on any atom is -0.516 e. The zero-order chi connectivity index (χ0) is 20.6. The largest absolute Gasteiger partial charge is 0.516 e. The molecule has 0 aliphatic heterocycles. The van der Waals surface area contributed by atoms with Gasteiger partial charge in [-0.2, -0.15) is 22.0 Å². The summed E-state index contributed by atoms with van der Waals surface area (Å²) in [5.41, 5.74) is 0.0530. The number of ether oxygens (including phenoxy) is 1. The number of carbonyl (C=O) groups excluding carboxylic acids is 2. The van der Waals surface area contributed by atoms with E-state index in [1.165, 1.54) is 0 Å². The zero-order valence-corrected chi connectivity index (χ0v) is 15.8. The molecule has 1 aromatic rings. The minimum atomic E-state index is -6.06. The highest BCUT2D eigenvalue weighted by molar-refractivity contribution is 6.75. The van der Waals surface area contributed by atoms with E-state index >= 15 is 0 Å². The first-order valence-electron chi connectivity index (χ1n) is 7.49. The second kappa shape index (κ2) is 6.97. The number of carbonyl (C=O) groups is 2. The van der Waals surface area contributed by atoms with Gasteiger partial charge in [-0.3, -0.25) is 0 Å². The van der Waals surface area contributed by atoms with Gasteiger partial charge in [0, 0.05) is 0 Å². The van der Waals surface area contributed by atoms with Gasteiger partial charge in [-0.15, -0.1) is 0 Å². The van der Waals surface area contributed by atoms with Crippen LogP contribution in [0.25, 0.3) is 0 Å². The topological polar surface area (TPSA) is 52.6 Å². The second-order valence-electron chi connectivity index (χ2n) is 7.14. The molecule has 10 heteroatoms. The summed E-state index contributed by atoms with van der Waals surface area (Å²) in [5, 5.41) is -0.235. The van der Waals surface area contributed by atoms with Crippen LogP contribution in [0.1, 0.15) is 31.1 Å². The predicted molar refractivity (Wildman–Crippen MR) is 85.7 cm³/mol. The molecule has 26 heavy (non-hydrogen) atoms. The molecule has 0 aliphatic rings. The molecule has 0 heterocycles. The second-order valence-corrected chi connectivity index (χ2v) is 11.9. The summed E-state index contributed by atoms with van der Waals surface area (Å²) in [6, 6.07) is 4.10. The van der Waals surface area contributed by atoms with Crippen LogP contribution in [0.2, 0.25) is 18.1 Å². The van der Waals surface area contributed by atoms with Crippen LogP contribution in [0.3, 0.4) is 0 Å². The van der Waals surface area contributed by atoms with Crippen LogP contribution < -0.4 is 4.74 Å². The van der Waals surface area contributed by atoms with Crippen molar-refractivity contribution in [3.63, 3.8) is 0 Å². The Morgan fingerprint density at radius 1 is 0.923 bits per heavy atom. The predicted octanol–water partition coefficient (Wildman–Crippen LogP) is 4.95. The van der Waals surface area contributed by atoms with E-state index in [0.717, 1.165) is 24.3 Å². The number of benzene rings is 1. The molecular weight excluding hydrogens is 379 g/mol. The molecule has 0 unspecified atom stereocenters. The molecule has 0 aromatic heterocycles. The Morgan fingerprint density at radius 3 is 1.77 bits per heavy atom. The van der Waals surface area contributed by atoms with Gasteiger partial charge < -0.3 is 9.16 Å². The number of halogens is 5. The normalized spacial score (nSPS) is 13.3. The first kappa shape index (κ1) is 22.1. The molecular formula is C16H19F5O4Si. The van der Waals surface area contributed by atoms with Crippen molar-refractivity contribution >= 4 is 20.3 Å². The zero-order valence-electron chi connectivity index (χ0n) is 14.8. The third-order valence-corrected chi connectivity index (χ3v) is 8.38. The van der Waals surface area contributed by atoms with Crippen LogP contribution in [0.4, 0.5) is 22.0 Å². The van der Waals surface area contributed by atoms with Gasteiger partial charge in [0.15, 0.2) is 0 Å². The molecule has 0 fully saturated rings. The molecule has 0 saturated heterocycles. The van der Waals surface area contributed by atoms with Gasteiger partial charge in [-0.05, 0) is 42.4 Å². The lowest BCUT2D eigenvalue weighted by Gasteiger charge is -2.35. The highest BCUT2D eigenvalue weighted by Crippen LogP contribution is 2.38. The van der Waals surface area contributed by atoms with Gasteiger partial charge >= 0.3 is 24.0 Å². The fraction of sp³-hybridized carbons (Fsp3) is 0.500. The molecule has 4 nitrogen and oxygen atoms in total. The number of alkyl halides is 5. The van der Waals surface area contributed by atoms with Gasteiger partial charge in [0.05, 0.1) is 5.56 Å². The van der Waals surface area contributed by atoms with E-state index in [-0.39, 0.29) is 10.6 Å². The fourth-order valence-electron chi connectivity index (χ4n) is 1.39. The van der Waals surface area contributed by atoms with E-state index in [0.29, 0.717) is 0 Å². The van der Waals surface area contributed by atoms with Crippen LogP contribution in [0, 0.1) is 0 Å². The number of rotatable bonds is 4. The summed E-state index contributed by atoms with van der Waals surface area (Å²) in [7, 11) is -2.40. The van der Waals surface area contributed by atoms with Crippen molar-refractivity contribution in [2.24, 2.45) is 0 Å². The SMILES string of the molecule is CC(C)(C)[Si](C)(C)OC(=O)c1ccc(OC(=O)C(F)(F)C(F)(F)F)cc1. The van der Waals surface area contributed by atoms with E-state index in [2.05, 4.69) is 4.74 Å². The number of esters is 1.